The molecule has 4 nitrogen and oxygen atoms in total. The molecule has 0 aliphatic rings. The monoisotopic (exact) mass is 175 g/mol. The van der Waals surface area contributed by atoms with Crippen LogP contribution in [0.3, 0.4) is 0 Å². The first-order valence-corrected chi connectivity index (χ1v) is 4.02. The van der Waals surface area contributed by atoms with Crippen molar-refractivity contribution in [3.05, 3.63) is 0 Å². The second-order valence-corrected chi connectivity index (χ2v) is 2.83. The molecule has 1 unspecified atom stereocenters. The van der Waals surface area contributed by atoms with E-state index in [4.69, 9.17) is 9.84 Å². The average Bonchev–Trinajstić information content (AvgIpc) is 1.98. The number of carboxylic acids is 1. The molecule has 0 spiro atoms. The molecule has 72 valence electrons. The Morgan fingerprint density at radius 1 is 1.67 bits per heavy atom. The maximum absolute atomic E-state index is 10.4. The molecule has 0 aliphatic carbocycles. The van der Waals surface area contributed by atoms with Crippen molar-refractivity contribution in [2.45, 2.75) is 19.4 Å². The maximum Gasteiger partial charge on any atom is 0.317 e. The largest absolute Gasteiger partial charge is 0.480 e. The summed E-state index contributed by atoms with van der Waals surface area (Å²) < 4.78 is 4.96. The second-order valence-electron chi connectivity index (χ2n) is 2.83. The number of methoxy groups -OCH3 is 1. The summed E-state index contributed by atoms with van der Waals surface area (Å²) in [5.74, 6) is -0.799. The Kier molecular flexibility index (Phi) is 5.66. The van der Waals surface area contributed by atoms with Crippen LogP contribution in [0.4, 0.5) is 0 Å². The van der Waals surface area contributed by atoms with Gasteiger partial charge in [0.1, 0.15) is 0 Å². The molecule has 0 amide bonds. The molecule has 1 atom stereocenters. The first-order valence-electron chi connectivity index (χ1n) is 4.02. The van der Waals surface area contributed by atoms with Gasteiger partial charge in [-0.2, -0.15) is 0 Å². The third-order valence-corrected chi connectivity index (χ3v) is 1.84. The molecule has 0 rings (SSSR count). The van der Waals surface area contributed by atoms with Crippen molar-refractivity contribution in [2.75, 3.05) is 27.3 Å². The van der Waals surface area contributed by atoms with E-state index in [1.807, 2.05) is 6.92 Å². The zero-order chi connectivity index (χ0) is 9.56. The Morgan fingerprint density at radius 3 is 2.58 bits per heavy atom. The third kappa shape index (κ3) is 4.31. The lowest BCUT2D eigenvalue weighted by molar-refractivity contribution is -0.138. The van der Waals surface area contributed by atoms with E-state index in [9.17, 15) is 4.79 Å². The van der Waals surface area contributed by atoms with E-state index in [0.717, 1.165) is 6.42 Å². The second kappa shape index (κ2) is 5.97. The summed E-state index contributed by atoms with van der Waals surface area (Å²) in [5.41, 5.74) is 0. The lowest BCUT2D eigenvalue weighted by atomic mass is 10.2. The van der Waals surface area contributed by atoms with Gasteiger partial charge in [-0.05, 0) is 13.5 Å². The highest BCUT2D eigenvalue weighted by Crippen LogP contribution is 2.00. The van der Waals surface area contributed by atoms with Gasteiger partial charge in [-0.15, -0.1) is 0 Å². The smallest absolute Gasteiger partial charge is 0.317 e. The summed E-state index contributed by atoms with van der Waals surface area (Å²) in [6.07, 6.45) is 0.900. The summed E-state index contributed by atoms with van der Waals surface area (Å²) in [7, 11) is 3.42. The topological polar surface area (TPSA) is 49.8 Å². The van der Waals surface area contributed by atoms with Crippen LogP contribution < -0.4 is 0 Å². The first-order chi connectivity index (χ1) is 5.61. The zero-order valence-corrected chi connectivity index (χ0v) is 7.91. The lowest BCUT2D eigenvalue weighted by Gasteiger charge is -2.24. The molecule has 0 aliphatic heterocycles. The van der Waals surface area contributed by atoms with Crippen molar-refractivity contribution in [1.82, 2.24) is 4.90 Å². The van der Waals surface area contributed by atoms with Crippen LogP contribution in [0, 0.1) is 0 Å². The minimum Gasteiger partial charge on any atom is -0.480 e. The molecule has 0 saturated heterocycles. The summed E-state index contributed by atoms with van der Waals surface area (Å²) in [6, 6.07) is 0.200. The summed E-state index contributed by atoms with van der Waals surface area (Å²) >= 11 is 0. The molecule has 0 aromatic heterocycles. The average molecular weight is 175 g/mol. The molecule has 0 radical (unpaired) electrons. The Labute approximate surface area is 73.1 Å². The molecule has 0 aromatic carbocycles. The molecule has 0 aromatic rings. The van der Waals surface area contributed by atoms with Crippen molar-refractivity contribution in [3.8, 4) is 0 Å². The minimum absolute atomic E-state index is 0.0713. The minimum atomic E-state index is -0.799. The molecule has 0 saturated carbocycles. The Balaban J connectivity index is 3.84. The van der Waals surface area contributed by atoms with E-state index in [-0.39, 0.29) is 12.6 Å². The van der Waals surface area contributed by atoms with Crippen molar-refractivity contribution in [2.24, 2.45) is 0 Å². The Morgan fingerprint density at radius 2 is 2.25 bits per heavy atom. The van der Waals surface area contributed by atoms with Crippen molar-refractivity contribution >= 4 is 5.97 Å². The Bertz CT molecular complexity index is 138. The number of hydrogen-bond donors (Lipinski definition) is 1. The molecular formula is C8H17NO3. The van der Waals surface area contributed by atoms with Crippen LogP contribution in [0.15, 0.2) is 0 Å². The highest BCUT2D eigenvalue weighted by molar-refractivity contribution is 5.69. The van der Waals surface area contributed by atoms with E-state index in [2.05, 4.69) is 0 Å². The highest BCUT2D eigenvalue weighted by atomic mass is 16.5. The SMILES string of the molecule is CCC(COC)N(C)CC(=O)O. The van der Waals surface area contributed by atoms with Gasteiger partial charge in [0, 0.05) is 13.2 Å². The fourth-order valence-electron chi connectivity index (χ4n) is 1.09. The van der Waals surface area contributed by atoms with Gasteiger partial charge in [-0.3, -0.25) is 9.69 Å². The van der Waals surface area contributed by atoms with Crippen molar-refractivity contribution < 1.29 is 14.6 Å². The number of aliphatic carboxylic acids is 1. The van der Waals surface area contributed by atoms with Gasteiger partial charge in [0.25, 0.3) is 0 Å². The number of carboxylic acid groups (broad SMARTS) is 1. The van der Waals surface area contributed by atoms with E-state index < -0.39 is 5.97 Å². The quantitative estimate of drug-likeness (QED) is 0.636. The fraction of sp³-hybridized carbons (Fsp3) is 0.875. The third-order valence-electron chi connectivity index (χ3n) is 1.84. The molecule has 4 heteroatoms. The number of likely N-dealkylation sites (N-methyl/N-ethyl adjacent to an activating group) is 1. The van der Waals surface area contributed by atoms with E-state index >= 15 is 0 Å². The van der Waals surface area contributed by atoms with Crippen LogP contribution >= 0.6 is 0 Å². The molecule has 0 fully saturated rings. The fourth-order valence-corrected chi connectivity index (χ4v) is 1.09. The summed E-state index contributed by atoms with van der Waals surface area (Å²) in [6.45, 7) is 2.67. The molecule has 1 N–H and O–H groups in total. The van der Waals surface area contributed by atoms with E-state index in [1.54, 1.807) is 19.1 Å². The Hall–Kier alpha value is -0.610. The van der Waals surface area contributed by atoms with Gasteiger partial charge in [0.2, 0.25) is 0 Å². The summed E-state index contributed by atoms with van der Waals surface area (Å²) in [5, 5.41) is 8.51. The van der Waals surface area contributed by atoms with Gasteiger partial charge >= 0.3 is 5.97 Å². The highest BCUT2D eigenvalue weighted by Gasteiger charge is 2.14. The van der Waals surface area contributed by atoms with Crippen LogP contribution in [0.2, 0.25) is 0 Å². The first kappa shape index (κ1) is 11.4. The standard InChI is InChI=1S/C8H17NO3/c1-4-7(6-12-3)9(2)5-8(10)11/h7H,4-6H2,1-3H3,(H,10,11). The van der Waals surface area contributed by atoms with Gasteiger partial charge in [-0.25, -0.2) is 0 Å². The van der Waals surface area contributed by atoms with Gasteiger partial charge < -0.3 is 9.84 Å². The van der Waals surface area contributed by atoms with Gasteiger partial charge in [-0.1, -0.05) is 6.92 Å². The number of nitrogens with zero attached hydrogens (tertiary/aromatic N) is 1. The number of ether oxygens (including phenoxy) is 1. The maximum atomic E-state index is 10.4. The molecule has 0 heterocycles. The van der Waals surface area contributed by atoms with Gasteiger partial charge in [0.05, 0.1) is 13.2 Å². The number of carbonyl (C=O) groups is 1. The zero-order valence-electron chi connectivity index (χ0n) is 7.91. The lowest BCUT2D eigenvalue weighted by Crippen LogP contribution is -2.38. The predicted octanol–water partition coefficient (Wildman–Crippen LogP) is 0.428. The predicted molar refractivity (Wildman–Crippen MR) is 46.2 cm³/mol. The number of hydrogen-bond acceptors (Lipinski definition) is 3. The van der Waals surface area contributed by atoms with Crippen molar-refractivity contribution in [3.63, 3.8) is 0 Å². The molecular weight excluding hydrogens is 158 g/mol. The van der Waals surface area contributed by atoms with E-state index in [1.165, 1.54) is 0 Å². The van der Waals surface area contributed by atoms with Crippen LogP contribution in [-0.4, -0.2) is 49.3 Å². The van der Waals surface area contributed by atoms with E-state index in [0.29, 0.717) is 6.61 Å². The van der Waals surface area contributed by atoms with Crippen molar-refractivity contribution in [1.29, 1.82) is 0 Å². The van der Waals surface area contributed by atoms with Crippen LogP contribution in [0.1, 0.15) is 13.3 Å². The van der Waals surface area contributed by atoms with Crippen LogP contribution in [0.25, 0.3) is 0 Å². The molecule has 0 bridgehead atoms. The van der Waals surface area contributed by atoms with Gasteiger partial charge in [0.15, 0.2) is 0 Å². The van der Waals surface area contributed by atoms with Crippen LogP contribution in [-0.2, 0) is 9.53 Å². The normalized spacial score (nSPS) is 13.3. The molecule has 12 heavy (non-hydrogen) atoms. The number of rotatable bonds is 6. The summed E-state index contributed by atoms with van der Waals surface area (Å²) in [4.78, 5) is 12.1. The van der Waals surface area contributed by atoms with Crippen LogP contribution in [0.5, 0.6) is 0 Å².